The molecule has 5 nitrogen and oxygen atoms in total. The van der Waals surface area contributed by atoms with Gasteiger partial charge >= 0.3 is 0 Å². The number of hydrogen-bond acceptors (Lipinski definition) is 4. The molecule has 1 amide bonds. The fourth-order valence-corrected chi connectivity index (χ4v) is 4.10. The summed E-state index contributed by atoms with van der Waals surface area (Å²) in [7, 11) is -2.80. The van der Waals surface area contributed by atoms with E-state index >= 15 is 0 Å². The van der Waals surface area contributed by atoms with Crippen LogP contribution in [0.1, 0.15) is 26.2 Å². The van der Waals surface area contributed by atoms with Gasteiger partial charge in [0.05, 0.1) is 17.1 Å². The molecular formula is C11H19NO4S. The highest BCUT2D eigenvalue weighted by molar-refractivity contribution is 7.91. The second-order valence-corrected chi connectivity index (χ2v) is 7.62. The van der Waals surface area contributed by atoms with Crippen molar-refractivity contribution in [3.05, 3.63) is 0 Å². The van der Waals surface area contributed by atoms with Gasteiger partial charge in [-0.2, -0.15) is 0 Å². The molecule has 0 aromatic rings. The number of ether oxygens (including phenoxy) is 1. The number of nitrogens with one attached hydrogen (secondary N) is 1. The standard InChI is InChI=1S/C11H19NO4S/c1-11(8-12-10(13)7-16-11)6-9-2-4-17(14,15)5-3-9/h9H,2-8H2,1H3,(H,12,13). The van der Waals surface area contributed by atoms with E-state index in [2.05, 4.69) is 5.32 Å². The van der Waals surface area contributed by atoms with Crippen LogP contribution in [0.2, 0.25) is 0 Å². The highest BCUT2D eigenvalue weighted by Gasteiger charge is 2.35. The van der Waals surface area contributed by atoms with Crippen LogP contribution < -0.4 is 5.32 Å². The van der Waals surface area contributed by atoms with Crippen LogP contribution in [0.3, 0.4) is 0 Å². The molecule has 2 rings (SSSR count). The topological polar surface area (TPSA) is 72.5 Å². The van der Waals surface area contributed by atoms with E-state index in [-0.39, 0.29) is 18.1 Å². The summed E-state index contributed by atoms with van der Waals surface area (Å²) in [5, 5.41) is 2.80. The van der Waals surface area contributed by atoms with Crippen LogP contribution >= 0.6 is 0 Å². The lowest BCUT2D eigenvalue weighted by Crippen LogP contribution is -2.51. The van der Waals surface area contributed by atoms with Gasteiger partial charge in [-0.25, -0.2) is 8.42 Å². The van der Waals surface area contributed by atoms with Crippen LogP contribution in [0.4, 0.5) is 0 Å². The summed E-state index contributed by atoms with van der Waals surface area (Å²) in [5.74, 6) is 0.896. The SMILES string of the molecule is CC1(CC2CCS(=O)(=O)CC2)CNC(=O)CO1. The summed E-state index contributed by atoms with van der Waals surface area (Å²) in [6.07, 6.45) is 2.26. The molecule has 98 valence electrons. The van der Waals surface area contributed by atoms with Gasteiger partial charge in [-0.05, 0) is 32.1 Å². The third-order valence-electron chi connectivity index (χ3n) is 3.61. The Kier molecular flexibility index (Phi) is 3.45. The van der Waals surface area contributed by atoms with Crippen molar-refractivity contribution in [2.75, 3.05) is 24.7 Å². The predicted molar refractivity (Wildman–Crippen MR) is 63.4 cm³/mol. The Morgan fingerprint density at radius 1 is 1.41 bits per heavy atom. The van der Waals surface area contributed by atoms with Crippen molar-refractivity contribution in [3.63, 3.8) is 0 Å². The number of hydrogen-bond donors (Lipinski definition) is 1. The van der Waals surface area contributed by atoms with E-state index in [1.165, 1.54) is 0 Å². The van der Waals surface area contributed by atoms with E-state index < -0.39 is 9.84 Å². The van der Waals surface area contributed by atoms with E-state index in [1.807, 2.05) is 6.92 Å². The van der Waals surface area contributed by atoms with E-state index in [0.29, 0.717) is 24.0 Å². The first-order valence-corrected chi connectivity index (χ1v) is 7.82. The number of morpholine rings is 1. The number of rotatable bonds is 2. The fourth-order valence-electron chi connectivity index (χ4n) is 2.51. The van der Waals surface area contributed by atoms with Crippen molar-refractivity contribution in [2.45, 2.75) is 31.8 Å². The minimum Gasteiger partial charge on any atom is -0.364 e. The maximum Gasteiger partial charge on any atom is 0.246 e. The normalized spacial score (nSPS) is 34.3. The van der Waals surface area contributed by atoms with Crippen LogP contribution in [0.15, 0.2) is 0 Å². The van der Waals surface area contributed by atoms with E-state index in [9.17, 15) is 13.2 Å². The molecule has 0 spiro atoms. The number of sulfone groups is 1. The number of carbonyl (C=O) groups excluding carboxylic acids is 1. The molecule has 0 aliphatic carbocycles. The first kappa shape index (κ1) is 12.8. The largest absolute Gasteiger partial charge is 0.364 e. The molecule has 2 aliphatic heterocycles. The van der Waals surface area contributed by atoms with Gasteiger partial charge in [-0.3, -0.25) is 4.79 Å². The Morgan fingerprint density at radius 3 is 2.59 bits per heavy atom. The monoisotopic (exact) mass is 261 g/mol. The Morgan fingerprint density at radius 2 is 2.06 bits per heavy atom. The molecule has 0 aromatic heterocycles. The summed E-state index contributed by atoms with van der Waals surface area (Å²) in [6, 6.07) is 0. The van der Waals surface area contributed by atoms with Crippen LogP contribution in [-0.2, 0) is 19.4 Å². The third-order valence-corrected chi connectivity index (χ3v) is 5.32. The zero-order chi connectivity index (χ0) is 12.5. The van der Waals surface area contributed by atoms with Crippen molar-refractivity contribution < 1.29 is 17.9 Å². The van der Waals surface area contributed by atoms with E-state index in [1.54, 1.807) is 0 Å². The zero-order valence-corrected chi connectivity index (χ0v) is 10.9. The van der Waals surface area contributed by atoms with Gasteiger partial charge in [0.2, 0.25) is 5.91 Å². The van der Waals surface area contributed by atoms with Gasteiger partial charge in [0.15, 0.2) is 0 Å². The molecule has 1 atom stereocenters. The number of amides is 1. The lowest BCUT2D eigenvalue weighted by atomic mass is 9.87. The second-order valence-electron chi connectivity index (χ2n) is 5.31. The van der Waals surface area contributed by atoms with Gasteiger partial charge in [-0.1, -0.05) is 0 Å². The van der Waals surface area contributed by atoms with Crippen molar-refractivity contribution in [1.29, 1.82) is 0 Å². The summed E-state index contributed by atoms with van der Waals surface area (Å²) in [5.41, 5.74) is -0.334. The molecule has 0 bridgehead atoms. The van der Waals surface area contributed by atoms with Crippen LogP contribution in [0, 0.1) is 5.92 Å². The van der Waals surface area contributed by atoms with Crippen molar-refractivity contribution in [2.24, 2.45) is 5.92 Å². The molecule has 2 saturated heterocycles. The van der Waals surface area contributed by atoms with Crippen molar-refractivity contribution in [1.82, 2.24) is 5.32 Å². The Hall–Kier alpha value is -0.620. The fraction of sp³-hybridized carbons (Fsp3) is 0.909. The highest BCUT2D eigenvalue weighted by atomic mass is 32.2. The van der Waals surface area contributed by atoms with Gasteiger partial charge in [0.25, 0.3) is 0 Å². The van der Waals surface area contributed by atoms with Gasteiger partial charge < -0.3 is 10.1 Å². The van der Waals surface area contributed by atoms with Crippen LogP contribution in [-0.4, -0.2) is 44.6 Å². The molecule has 0 saturated carbocycles. The predicted octanol–water partition coefficient (Wildman–Crippen LogP) is 0.106. The van der Waals surface area contributed by atoms with Crippen molar-refractivity contribution >= 4 is 15.7 Å². The lowest BCUT2D eigenvalue weighted by molar-refractivity contribution is -0.143. The van der Waals surface area contributed by atoms with Gasteiger partial charge in [0, 0.05) is 6.54 Å². The highest BCUT2D eigenvalue weighted by Crippen LogP contribution is 2.30. The Bertz CT molecular complexity index is 380. The third kappa shape index (κ3) is 3.42. The molecule has 2 aliphatic rings. The minimum absolute atomic E-state index is 0.0753. The molecule has 17 heavy (non-hydrogen) atoms. The first-order valence-electron chi connectivity index (χ1n) is 6.00. The molecule has 1 unspecified atom stereocenters. The number of carbonyl (C=O) groups is 1. The van der Waals surface area contributed by atoms with Crippen molar-refractivity contribution in [3.8, 4) is 0 Å². The van der Waals surface area contributed by atoms with Gasteiger partial charge in [0.1, 0.15) is 16.4 Å². The summed E-state index contributed by atoms with van der Waals surface area (Å²) >= 11 is 0. The molecule has 0 radical (unpaired) electrons. The smallest absolute Gasteiger partial charge is 0.246 e. The first-order chi connectivity index (χ1) is 7.89. The van der Waals surface area contributed by atoms with E-state index in [4.69, 9.17) is 4.74 Å². The van der Waals surface area contributed by atoms with Crippen LogP contribution in [0.5, 0.6) is 0 Å². The zero-order valence-electron chi connectivity index (χ0n) is 10.1. The molecule has 2 heterocycles. The molecule has 2 fully saturated rings. The van der Waals surface area contributed by atoms with E-state index in [0.717, 1.165) is 19.3 Å². The molecule has 6 heteroatoms. The average Bonchev–Trinajstić information content (AvgIpc) is 2.26. The molecule has 1 N–H and O–H groups in total. The average molecular weight is 261 g/mol. The second kappa shape index (κ2) is 4.57. The minimum atomic E-state index is -2.80. The molecular weight excluding hydrogens is 242 g/mol. The Labute approximate surface area is 102 Å². The summed E-state index contributed by atoms with van der Waals surface area (Å²) in [4.78, 5) is 11.0. The quantitative estimate of drug-likeness (QED) is 0.765. The molecule has 0 aromatic carbocycles. The lowest BCUT2D eigenvalue weighted by Gasteiger charge is -2.37. The van der Waals surface area contributed by atoms with Gasteiger partial charge in [-0.15, -0.1) is 0 Å². The summed E-state index contributed by atoms with van der Waals surface area (Å²) in [6.45, 7) is 2.62. The Balaban J connectivity index is 1.87. The van der Waals surface area contributed by atoms with Crippen LogP contribution in [0.25, 0.3) is 0 Å². The maximum atomic E-state index is 11.3. The summed E-state index contributed by atoms with van der Waals surface area (Å²) < 4.78 is 28.2. The maximum absolute atomic E-state index is 11.3.